The molecule has 0 fully saturated rings. The molecule has 0 aliphatic rings. The number of carbonyl (C=O) groups excluding carboxylic acids is 2. The molecule has 0 aliphatic carbocycles. The number of pyridine rings is 1. The van der Waals surface area contributed by atoms with Crippen LogP contribution in [0.5, 0.6) is 0 Å². The molecule has 3 rings (SSSR count). The SMILES string of the molecule is Cc1ccc(NC(=O)C(=O)N(c2ccccc2)c2ccc(N)cc2)nc1. The van der Waals surface area contributed by atoms with E-state index in [0.29, 0.717) is 22.9 Å². The Bertz CT molecular complexity index is 907. The summed E-state index contributed by atoms with van der Waals surface area (Å²) in [6.45, 7) is 1.89. The molecule has 3 N–H and O–H groups in total. The van der Waals surface area contributed by atoms with Gasteiger partial charge in [-0.1, -0.05) is 24.3 Å². The molecule has 130 valence electrons. The van der Waals surface area contributed by atoms with Gasteiger partial charge in [-0.25, -0.2) is 4.98 Å². The predicted molar refractivity (Wildman–Crippen MR) is 102 cm³/mol. The van der Waals surface area contributed by atoms with Gasteiger partial charge in [-0.2, -0.15) is 0 Å². The average Bonchev–Trinajstić information content (AvgIpc) is 2.66. The minimum Gasteiger partial charge on any atom is -0.399 e. The molecule has 0 spiro atoms. The number of aromatic nitrogens is 1. The molecule has 0 aliphatic heterocycles. The highest BCUT2D eigenvalue weighted by molar-refractivity contribution is 6.45. The van der Waals surface area contributed by atoms with Crippen LogP contribution in [0.25, 0.3) is 0 Å². The smallest absolute Gasteiger partial charge is 0.321 e. The van der Waals surface area contributed by atoms with Crippen LogP contribution in [0, 0.1) is 6.92 Å². The van der Waals surface area contributed by atoms with Gasteiger partial charge in [0.1, 0.15) is 5.82 Å². The number of benzene rings is 2. The highest BCUT2D eigenvalue weighted by Crippen LogP contribution is 2.26. The molecule has 0 atom stereocenters. The van der Waals surface area contributed by atoms with Gasteiger partial charge in [-0.3, -0.25) is 14.5 Å². The van der Waals surface area contributed by atoms with Crippen LogP contribution in [0.1, 0.15) is 5.56 Å². The van der Waals surface area contributed by atoms with Gasteiger partial charge in [-0.05, 0) is 55.0 Å². The molecule has 6 nitrogen and oxygen atoms in total. The summed E-state index contributed by atoms with van der Waals surface area (Å²) in [5, 5.41) is 2.53. The van der Waals surface area contributed by atoms with E-state index in [1.165, 1.54) is 4.90 Å². The molecule has 0 saturated heterocycles. The standard InChI is InChI=1S/C20H18N4O2/c1-14-7-12-18(22-13-14)23-19(25)20(26)24(16-5-3-2-4-6-16)17-10-8-15(21)9-11-17/h2-13H,21H2,1H3,(H,22,23,25). The van der Waals surface area contributed by atoms with Crippen molar-refractivity contribution < 1.29 is 9.59 Å². The number of nitrogens with zero attached hydrogens (tertiary/aromatic N) is 2. The largest absolute Gasteiger partial charge is 0.399 e. The topological polar surface area (TPSA) is 88.3 Å². The fourth-order valence-corrected chi connectivity index (χ4v) is 2.40. The highest BCUT2D eigenvalue weighted by Gasteiger charge is 2.25. The Morgan fingerprint density at radius 2 is 1.58 bits per heavy atom. The van der Waals surface area contributed by atoms with Gasteiger partial charge >= 0.3 is 11.8 Å². The molecule has 26 heavy (non-hydrogen) atoms. The van der Waals surface area contributed by atoms with Gasteiger partial charge in [-0.15, -0.1) is 0 Å². The fourth-order valence-electron chi connectivity index (χ4n) is 2.40. The Morgan fingerprint density at radius 1 is 0.923 bits per heavy atom. The normalized spacial score (nSPS) is 10.2. The maximum absolute atomic E-state index is 12.9. The lowest BCUT2D eigenvalue weighted by Gasteiger charge is -2.22. The molecule has 2 aromatic carbocycles. The molecule has 0 radical (unpaired) electrons. The number of aryl methyl sites for hydroxylation is 1. The molecular formula is C20H18N4O2. The van der Waals surface area contributed by atoms with E-state index in [2.05, 4.69) is 10.3 Å². The number of amides is 2. The van der Waals surface area contributed by atoms with Crippen molar-refractivity contribution in [2.75, 3.05) is 16.0 Å². The molecular weight excluding hydrogens is 328 g/mol. The molecule has 6 heteroatoms. The fraction of sp³-hybridized carbons (Fsp3) is 0.0500. The summed E-state index contributed by atoms with van der Waals surface area (Å²) < 4.78 is 0. The molecule has 0 bridgehead atoms. The van der Waals surface area contributed by atoms with Crippen molar-refractivity contribution in [2.24, 2.45) is 0 Å². The zero-order chi connectivity index (χ0) is 18.5. The van der Waals surface area contributed by atoms with Crippen molar-refractivity contribution in [1.82, 2.24) is 4.98 Å². The van der Waals surface area contributed by atoms with Crippen molar-refractivity contribution in [3.63, 3.8) is 0 Å². The molecule has 2 amide bonds. The van der Waals surface area contributed by atoms with Crippen LogP contribution in [0.2, 0.25) is 0 Å². The second-order valence-electron chi connectivity index (χ2n) is 5.74. The third kappa shape index (κ3) is 3.87. The summed E-state index contributed by atoms with van der Waals surface area (Å²) in [5.74, 6) is -1.18. The third-order valence-electron chi connectivity index (χ3n) is 3.72. The zero-order valence-corrected chi connectivity index (χ0v) is 14.2. The summed E-state index contributed by atoms with van der Waals surface area (Å²) in [6, 6.07) is 19.1. The van der Waals surface area contributed by atoms with Crippen LogP contribution in [0.15, 0.2) is 72.9 Å². The van der Waals surface area contributed by atoms with E-state index in [-0.39, 0.29) is 0 Å². The van der Waals surface area contributed by atoms with Gasteiger partial charge in [0.2, 0.25) is 0 Å². The van der Waals surface area contributed by atoms with E-state index in [1.54, 1.807) is 60.8 Å². The first-order chi connectivity index (χ1) is 12.5. The van der Waals surface area contributed by atoms with Gasteiger partial charge < -0.3 is 11.1 Å². The highest BCUT2D eigenvalue weighted by atomic mass is 16.2. The van der Waals surface area contributed by atoms with Gasteiger partial charge in [0.25, 0.3) is 0 Å². The second kappa shape index (κ2) is 7.48. The van der Waals surface area contributed by atoms with E-state index in [1.807, 2.05) is 19.1 Å². The van der Waals surface area contributed by atoms with Crippen molar-refractivity contribution in [3.05, 3.63) is 78.5 Å². The van der Waals surface area contributed by atoms with Crippen LogP contribution in [-0.4, -0.2) is 16.8 Å². The summed E-state index contributed by atoms with van der Waals surface area (Å²) in [4.78, 5) is 30.8. The average molecular weight is 346 g/mol. The summed E-state index contributed by atoms with van der Waals surface area (Å²) in [6.07, 6.45) is 1.62. The van der Waals surface area contributed by atoms with Gasteiger partial charge in [0.15, 0.2) is 0 Å². The maximum atomic E-state index is 12.9. The van der Waals surface area contributed by atoms with E-state index >= 15 is 0 Å². The van der Waals surface area contributed by atoms with Crippen molar-refractivity contribution in [2.45, 2.75) is 6.92 Å². The first kappa shape index (κ1) is 17.2. The Balaban J connectivity index is 1.90. The number of nitrogens with two attached hydrogens (primary N) is 1. The van der Waals surface area contributed by atoms with Gasteiger partial charge in [0.05, 0.1) is 0 Å². The lowest BCUT2D eigenvalue weighted by atomic mass is 10.2. The van der Waals surface area contributed by atoms with Crippen molar-refractivity contribution in [1.29, 1.82) is 0 Å². The predicted octanol–water partition coefficient (Wildman–Crippen LogP) is 3.28. The lowest BCUT2D eigenvalue weighted by Crippen LogP contribution is -2.37. The van der Waals surface area contributed by atoms with Crippen molar-refractivity contribution >= 4 is 34.7 Å². The van der Waals surface area contributed by atoms with E-state index in [4.69, 9.17) is 5.73 Å². The number of nitrogen functional groups attached to an aromatic ring is 1. The van der Waals surface area contributed by atoms with Crippen LogP contribution < -0.4 is 16.0 Å². The quantitative estimate of drug-likeness (QED) is 0.563. The zero-order valence-electron chi connectivity index (χ0n) is 14.2. The number of para-hydroxylation sites is 1. The van der Waals surface area contributed by atoms with Crippen LogP contribution in [0.4, 0.5) is 22.9 Å². The minimum absolute atomic E-state index is 0.319. The summed E-state index contributed by atoms with van der Waals surface area (Å²) in [5.41, 5.74) is 8.38. The molecule has 3 aromatic rings. The third-order valence-corrected chi connectivity index (χ3v) is 3.72. The Morgan fingerprint density at radius 3 is 2.19 bits per heavy atom. The first-order valence-electron chi connectivity index (χ1n) is 8.03. The number of carbonyl (C=O) groups is 2. The van der Waals surface area contributed by atoms with Crippen LogP contribution in [-0.2, 0) is 9.59 Å². The first-order valence-corrected chi connectivity index (χ1v) is 8.03. The van der Waals surface area contributed by atoms with Crippen molar-refractivity contribution in [3.8, 4) is 0 Å². The van der Waals surface area contributed by atoms with E-state index in [9.17, 15) is 9.59 Å². The Kier molecular flexibility index (Phi) is 4.94. The van der Waals surface area contributed by atoms with Gasteiger partial charge in [0, 0.05) is 23.3 Å². The molecule has 1 heterocycles. The van der Waals surface area contributed by atoms with E-state index < -0.39 is 11.8 Å². The molecule has 0 unspecified atom stereocenters. The number of rotatable bonds is 3. The number of hydrogen-bond acceptors (Lipinski definition) is 4. The summed E-state index contributed by atoms with van der Waals surface area (Å²) in [7, 11) is 0. The van der Waals surface area contributed by atoms with E-state index in [0.717, 1.165) is 5.56 Å². The number of anilines is 4. The second-order valence-corrected chi connectivity index (χ2v) is 5.74. The number of hydrogen-bond donors (Lipinski definition) is 2. The minimum atomic E-state index is -0.776. The Labute approximate surface area is 151 Å². The monoisotopic (exact) mass is 346 g/mol. The lowest BCUT2D eigenvalue weighted by molar-refractivity contribution is -0.134. The van der Waals surface area contributed by atoms with Crippen LogP contribution in [0.3, 0.4) is 0 Å². The maximum Gasteiger partial charge on any atom is 0.321 e. The Hall–Kier alpha value is -3.67. The summed E-state index contributed by atoms with van der Waals surface area (Å²) >= 11 is 0. The van der Waals surface area contributed by atoms with Crippen LogP contribution >= 0.6 is 0 Å². The molecule has 1 aromatic heterocycles. The number of nitrogens with one attached hydrogen (secondary N) is 1. The molecule has 0 saturated carbocycles.